The van der Waals surface area contributed by atoms with Crippen molar-refractivity contribution in [2.24, 2.45) is 0 Å². The van der Waals surface area contributed by atoms with Gasteiger partial charge in [0.15, 0.2) is 0 Å². The topological polar surface area (TPSA) is 70.7 Å². The Labute approximate surface area is 188 Å². The molecule has 1 heterocycles. The van der Waals surface area contributed by atoms with Crippen LogP contribution in [0.4, 0.5) is 14.9 Å². The Hall–Kier alpha value is -3.37. The number of carbonyl (C=O) groups excluding carboxylic acids is 2. The second-order valence-electron chi connectivity index (χ2n) is 7.75. The third-order valence-corrected chi connectivity index (χ3v) is 5.24. The number of nitrogens with one attached hydrogen (secondary N) is 2. The van der Waals surface area contributed by atoms with Crippen LogP contribution in [0.25, 0.3) is 11.1 Å². The minimum Gasteiger partial charge on any atom is -0.442 e. The molecule has 0 saturated carbocycles. The van der Waals surface area contributed by atoms with Crippen molar-refractivity contribution in [3.63, 3.8) is 0 Å². The van der Waals surface area contributed by atoms with E-state index in [4.69, 9.17) is 11.2 Å². The molecule has 1 atom stereocenters. The van der Waals surface area contributed by atoms with Gasteiger partial charge in [0.2, 0.25) is 5.91 Å². The SMILES string of the molecule is C#CCCCCNCc1ccc(-c2ccc(N3C[C@H](CNC(C)=O)OC3=O)cc2F)cc1. The first-order valence-corrected chi connectivity index (χ1v) is 10.7. The summed E-state index contributed by atoms with van der Waals surface area (Å²) in [7, 11) is 0. The van der Waals surface area contributed by atoms with Gasteiger partial charge in [-0.25, -0.2) is 9.18 Å². The van der Waals surface area contributed by atoms with Crippen molar-refractivity contribution in [3.8, 4) is 23.5 Å². The van der Waals surface area contributed by atoms with Crippen LogP contribution < -0.4 is 15.5 Å². The normalized spacial score (nSPS) is 15.3. The first kappa shape index (κ1) is 23.3. The van der Waals surface area contributed by atoms with Crippen molar-refractivity contribution in [3.05, 3.63) is 53.8 Å². The van der Waals surface area contributed by atoms with Crippen molar-refractivity contribution in [1.29, 1.82) is 0 Å². The van der Waals surface area contributed by atoms with Crippen LogP contribution in [0.3, 0.4) is 0 Å². The van der Waals surface area contributed by atoms with Crippen LogP contribution in [0.2, 0.25) is 0 Å². The van der Waals surface area contributed by atoms with Gasteiger partial charge >= 0.3 is 6.09 Å². The lowest BCUT2D eigenvalue weighted by Gasteiger charge is -2.15. The molecule has 2 amide bonds. The van der Waals surface area contributed by atoms with E-state index in [2.05, 4.69) is 16.6 Å². The Balaban J connectivity index is 1.58. The molecular weight excluding hydrogens is 409 g/mol. The minimum atomic E-state index is -0.552. The highest BCUT2D eigenvalue weighted by atomic mass is 19.1. The van der Waals surface area contributed by atoms with E-state index in [1.165, 1.54) is 17.9 Å². The Morgan fingerprint density at radius 1 is 1.25 bits per heavy atom. The zero-order valence-corrected chi connectivity index (χ0v) is 18.2. The van der Waals surface area contributed by atoms with E-state index in [1.807, 2.05) is 24.3 Å². The molecule has 0 bridgehead atoms. The van der Waals surface area contributed by atoms with Gasteiger partial charge in [0.25, 0.3) is 0 Å². The van der Waals surface area contributed by atoms with Crippen LogP contribution in [0, 0.1) is 18.2 Å². The number of ether oxygens (including phenoxy) is 1. The molecule has 3 rings (SSSR count). The molecule has 1 saturated heterocycles. The number of terminal acetylenes is 1. The van der Waals surface area contributed by atoms with Gasteiger partial charge in [0.1, 0.15) is 11.9 Å². The highest BCUT2D eigenvalue weighted by Crippen LogP contribution is 2.29. The number of halogens is 1. The molecule has 2 aromatic rings. The van der Waals surface area contributed by atoms with Crippen LogP contribution in [0.5, 0.6) is 0 Å². The molecule has 1 aliphatic heterocycles. The Bertz CT molecular complexity index is 985. The summed E-state index contributed by atoms with van der Waals surface area (Å²) in [6.45, 7) is 3.53. The van der Waals surface area contributed by atoms with E-state index in [1.54, 1.807) is 12.1 Å². The molecular formula is C25H28FN3O3. The second-order valence-corrected chi connectivity index (χ2v) is 7.75. The number of hydrogen-bond donors (Lipinski definition) is 2. The fraction of sp³-hybridized carbons (Fsp3) is 0.360. The largest absolute Gasteiger partial charge is 0.442 e. The molecule has 168 valence electrons. The Morgan fingerprint density at radius 3 is 2.72 bits per heavy atom. The van der Waals surface area contributed by atoms with Crippen molar-refractivity contribution in [2.75, 3.05) is 24.5 Å². The summed E-state index contributed by atoms with van der Waals surface area (Å²) in [6.07, 6.45) is 7.09. The van der Waals surface area contributed by atoms with E-state index >= 15 is 0 Å². The molecule has 0 spiro atoms. The second kappa shape index (κ2) is 11.3. The summed E-state index contributed by atoms with van der Waals surface area (Å²) in [5, 5.41) is 6.00. The molecule has 1 aliphatic rings. The van der Waals surface area contributed by atoms with E-state index in [9.17, 15) is 14.0 Å². The molecule has 1 fully saturated rings. The predicted octanol–water partition coefficient (Wildman–Crippen LogP) is 3.85. The third-order valence-electron chi connectivity index (χ3n) is 5.24. The molecule has 0 aliphatic carbocycles. The summed E-state index contributed by atoms with van der Waals surface area (Å²) in [6, 6.07) is 12.4. The molecule has 2 N–H and O–H groups in total. The minimum absolute atomic E-state index is 0.197. The van der Waals surface area contributed by atoms with Crippen LogP contribution in [-0.4, -0.2) is 37.7 Å². The van der Waals surface area contributed by atoms with Crippen LogP contribution in [0.15, 0.2) is 42.5 Å². The summed E-state index contributed by atoms with van der Waals surface area (Å²) in [4.78, 5) is 24.6. The smallest absolute Gasteiger partial charge is 0.414 e. The number of carbonyl (C=O) groups is 2. The first-order chi connectivity index (χ1) is 15.5. The molecule has 0 aromatic heterocycles. The summed E-state index contributed by atoms with van der Waals surface area (Å²) < 4.78 is 20.1. The number of unbranched alkanes of at least 4 members (excludes halogenated alkanes) is 2. The van der Waals surface area contributed by atoms with Crippen molar-refractivity contribution in [1.82, 2.24) is 10.6 Å². The summed E-state index contributed by atoms with van der Waals surface area (Å²) in [5.41, 5.74) is 2.77. The standard InChI is InChI=1S/C25H28FN3O3/c1-3-4-5-6-13-27-15-19-7-9-20(10-8-19)23-12-11-21(14-24(23)26)29-17-22(32-25(29)31)16-28-18(2)30/h1,7-12,14,22,27H,4-6,13,15-17H2,2H3,(H,28,30)/t22-/m0/s1. The molecule has 0 radical (unpaired) electrons. The zero-order chi connectivity index (χ0) is 22.9. The van der Waals surface area contributed by atoms with Gasteiger partial charge in [-0.3, -0.25) is 9.69 Å². The number of rotatable bonds is 10. The van der Waals surface area contributed by atoms with E-state index in [0.29, 0.717) is 11.3 Å². The molecule has 7 heteroatoms. The third kappa shape index (κ3) is 6.32. The fourth-order valence-electron chi connectivity index (χ4n) is 3.51. The van der Waals surface area contributed by atoms with Crippen molar-refractivity contribution >= 4 is 17.7 Å². The summed E-state index contributed by atoms with van der Waals surface area (Å²) >= 11 is 0. The predicted molar refractivity (Wildman–Crippen MR) is 123 cm³/mol. The lowest BCUT2D eigenvalue weighted by Crippen LogP contribution is -2.33. The van der Waals surface area contributed by atoms with Crippen molar-refractivity contribution in [2.45, 2.75) is 38.8 Å². The van der Waals surface area contributed by atoms with Gasteiger partial charge in [-0.15, -0.1) is 12.3 Å². The van der Waals surface area contributed by atoms with Crippen LogP contribution in [0.1, 0.15) is 31.7 Å². The highest BCUT2D eigenvalue weighted by molar-refractivity contribution is 5.90. The van der Waals surface area contributed by atoms with Gasteiger partial charge in [-0.05, 0) is 48.7 Å². The molecule has 0 unspecified atom stereocenters. The quantitative estimate of drug-likeness (QED) is 0.438. The van der Waals surface area contributed by atoms with Gasteiger partial charge in [-0.1, -0.05) is 24.3 Å². The van der Waals surface area contributed by atoms with Gasteiger partial charge in [-0.2, -0.15) is 0 Å². The maximum atomic E-state index is 14.9. The average Bonchev–Trinajstić information content (AvgIpc) is 3.16. The number of anilines is 1. The van der Waals surface area contributed by atoms with Gasteiger partial charge < -0.3 is 15.4 Å². The summed E-state index contributed by atoms with van der Waals surface area (Å²) in [5.74, 6) is 2.02. The maximum Gasteiger partial charge on any atom is 0.414 e. The van der Waals surface area contributed by atoms with Gasteiger partial charge in [0, 0.05) is 25.5 Å². The van der Waals surface area contributed by atoms with Crippen LogP contribution in [-0.2, 0) is 16.1 Å². The molecule has 2 aromatic carbocycles. The van der Waals surface area contributed by atoms with Crippen LogP contribution >= 0.6 is 0 Å². The number of amides is 2. The van der Waals surface area contributed by atoms with E-state index < -0.39 is 18.0 Å². The Morgan fingerprint density at radius 2 is 2.03 bits per heavy atom. The lowest BCUT2D eigenvalue weighted by molar-refractivity contribution is -0.119. The maximum absolute atomic E-state index is 14.9. The van der Waals surface area contributed by atoms with Gasteiger partial charge in [0.05, 0.1) is 18.8 Å². The fourth-order valence-corrected chi connectivity index (χ4v) is 3.51. The monoisotopic (exact) mass is 437 g/mol. The highest BCUT2D eigenvalue weighted by Gasteiger charge is 2.32. The molecule has 6 nitrogen and oxygen atoms in total. The first-order valence-electron chi connectivity index (χ1n) is 10.7. The number of cyclic esters (lactones) is 1. The van der Waals surface area contributed by atoms with Crippen molar-refractivity contribution < 1.29 is 18.7 Å². The average molecular weight is 438 g/mol. The number of nitrogens with zero attached hydrogens (tertiary/aromatic N) is 1. The number of hydrogen-bond acceptors (Lipinski definition) is 4. The van der Waals surface area contributed by atoms with E-state index in [-0.39, 0.29) is 19.0 Å². The van der Waals surface area contributed by atoms with E-state index in [0.717, 1.165) is 43.5 Å². The lowest BCUT2D eigenvalue weighted by atomic mass is 10.0. The Kier molecular flexibility index (Phi) is 8.23. The number of benzene rings is 2. The zero-order valence-electron chi connectivity index (χ0n) is 18.2. The molecule has 32 heavy (non-hydrogen) atoms.